The van der Waals surface area contributed by atoms with Crippen LogP contribution in [0.2, 0.25) is 0 Å². The minimum atomic E-state index is 0.863. The average molecular weight is 302 g/mol. The van der Waals surface area contributed by atoms with Crippen LogP contribution in [0.15, 0.2) is 78.9 Å². The molecule has 0 fully saturated rings. The first-order valence-electron chi connectivity index (χ1n) is 7.59. The Morgan fingerprint density at radius 2 is 0.750 bits per heavy atom. The Labute approximate surface area is 143 Å². The second-order valence-corrected chi connectivity index (χ2v) is 5.17. The van der Waals surface area contributed by atoms with E-state index in [9.17, 15) is 0 Å². The molecule has 0 aliphatic carbocycles. The van der Waals surface area contributed by atoms with Crippen LogP contribution in [0.25, 0.3) is 0 Å². The second kappa shape index (κ2) is 7.56. The van der Waals surface area contributed by atoms with E-state index in [1.165, 1.54) is 0 Å². The fourth-order valence-corrected chi connectivity index (χ4v) is 2.10. The van der Waals surface area contributed by atoms with Crippen LogP contribution in [0, 0.1) is 36.0 Å². The Balaban J connectivity index is 1.72. The molecule has 3 aromatic carbocycles. The lowest BCUT2D eigenvalue weighted by atomic mass is 10.1. The van der Waals surface area contributed by atoms with Crippen LogP contribution in [-0.2, 0) is 0 Å². The summed E-state index contributed by atoms with van der Waals surface area (Å²) in [7, 11) is 0. The van der Waals surface area contributed by atoms with Gasteiger partial charge in [-0.25, -0.2) is 0 Å². The Morgan fingerprint density at radius 3 is 1.12 bits per heavy atom. The zero-order chi connectivity index (χ0) is 16.6. The SMILES string of the molecule is C#Cc1ccc(C#Cc2ccc(C#Cc3ccccc3)cc2)cc1. The summed E-state index contributed by atoms with van der Waals surface area (Å²) in [6, 6.07) is 25.5. The summed E-state index contributed by atoms with van der Waals surface area (Å²) in [4.78, 5) is 0. The van der Waals surface area contributed by atoms with Crippen LogP contribution in [0.3, 0.4) is 0 Å². The van der Waals surface area contributed by atoms with Crippen molar-refractivity contribution in [3.8, 4) is 36.0 Å². The minimum Gasteiger partial charge on any atom is -0.115 e. The lowest BCUT2D eigenvalue weighted by molar-refractivity contribution is 1.58. The van der Waals surface area contributed by atoms with Gasteiger partial charge in [0.25, 0.3) is 0 Å². The molecule has 0 unspecified atom stereocenters. The van der Waals surface area contributed by atoms with Gasteiger partial charge < -0.3 is 0 Å². The van der Waals surface area contributed by atoms with E-state index in [1.807, 2.05) is 78.9 Å². The van der Waals surface area contributed by atoms with Crippen molar-refractivity contribution in [2.45, 2.75) is 0 Å². The predicted octanol–water partition coefficient (Wildman–Crippen LogP) is 4.47. The van der Waals surface area contributed by atoms with Crippen LogP contribution in [0.1, 0.15) is 27.8 Å². The molecule has 0 nitrogen and oxygen atoms in total. The largest absolute Gasteiger partial charge is 0.115 e. The van der Waals surface area contributed by atoms with Gasteiger partial charge in [-0.15, -0.1) is 6.42 Å². The van der Waals surface area contributed by atoms with E-state index in [0.29, 0.717) is 0 Å². The van der Waals surface area contributed by atoms with Crippen molar-refractivity contribution in [3.05, 3.63) is 107 Å². The molecule has 0 heteroatoms. The van der Waals surface area contributed by atoms with Crippen molar-refractivity contribution in [2.75, 3.05) is 0 Å². The zero-order valence-corrected chi connectivity index (χ0v) is 13.1. The minimum absolute atomic E-state index is 0.863. The normalized spacial score (nSPS) is 8.96. The van der Waals surface area contributed by atoms with E-state index in [1.54, 1.807) is 0 Å². The molecule has 0 amide bonds. The summed E-state index contributed by atoms with van der Waals surface area (Å²) >= 11 is 0. The summed E-state index contributed by atoms with van der Waals surface area (Å²) in [6.07, 6.45) is 5.34. The third-order valence-corrected chi connectivity index (χ3v) is 3.41. The zero-order valence-electron chi connectivity index (χ0n) is 13.1. The van der Waals surface area contributed by atoms with Gasteiger partial charge in [0.05, 0.1) is 0 Å². The molecule has 24 heavy (non-hydrogen) atoms. The van der Waals surface area contributed by atoms with Crippen molar-refractivity contribution in [2.24, 2.45) is 0 Å². The highest BCUT2D eigenvalue weighted by atomic mass is 13.9. The van der Waals surface area contributed by atoms with Gasteiger partial charge in [0.1, 0.15) is 0 Å². The third-order valence-electron chi connectivity index (χ3n) is 3.41. The fraction of sp³-hybridized carbons (Fsp3) is 0. The van der Waals surface area contributed by atoms with Crippen molar-refractivity contribution in [1.82, 2.24) is 0 Å². The van der Waals surface area contributed by atoms with Gasteiger partial charge in [-0.2, -0.15) is 0 Å². The molecule has 0 saturated carbocycles. The van der Waals surface area contributed by atoms with Gasteiger partial charge >= 0.3 is 0 Å². The average Bonchev–Trinajstić information content (AvgIpc) is 2.67. The first-order valence-corrected chi connectivity index (χ1v) is 7.59. The predicted molar refractivity (Wildman–Crippen MR) is 99.2 cm³/mol. The number of terminal acetylenes is 1. The Kier molecular flexibility index (Phi) is 4.80. The second-order valence-electron chi connectivity index (χ2n) is 5.17. The highest BCUT2D eigenvalue weighted by molar-refractivity contribution is 5.48. The van der Waals surface area contributed by atoms with Crippen LogP contribution >= 0.6 is 0 Å². The number of hydrogen-bond acceptors (Lipinski definition) is 0. The number of benzene rings is 3. The molecular formula is C24H14. The Morgan fingerprint density at radius 1 is 0.417 bits per heavy atom. The first kappa shape index (κ1) is 15.2. The smallest absolute Gasteiger partial charge is 0.0249 e. The van der Waals surface area contributed by atoms with Gasteiger partial charge in [-0.1, -0.05) is 47.8 Å². The van der Waals surface area contributed by atoms with E-state index in [-0.39, 0.29) is 0 Å². The van der Waals surface area contributed by atoms with Gasteiger partial charge in [0.15, 0.2) is 0 Å². The van der Waals surface area contributed by atoms with Gasteiger partial charge in [0.2, 0.25) is 0 Å². The summed E-state index contributed by atoms with van der Waals surface area (Å²) in [5.74, 6) is 15.2. The van der Waals surface area contributed by atoms with Gasteiger partial charge in [0, 0.05) is 27.8 Å². The molecule has 0 bridgehead atoms. The maximum atomic E-state index is 5.34. The quantitative estimate of drug-likeness (QED) is 0.538. The van der Waals surface area contributed by atoms with E-state index >= 15 is 0 Å². The maximum absolute atomic E-state index is 5.34. The van der Waals surface area contributed by atoms with Crippen molar-refractivity contribution in [1.29, 1.82) is 0 Å². The van der Waals surface area contributed by atoms with Crippen LogP contribution in [0.5, 0.6) is 0 Å². The van der Waals surface area contributed by atoms with Crippen LogP contribution < -0.4 is 0 Å². The van der Waals surface area contributed by atoms with Gasteiger partial charge in [-0.3, -0.25) is 0 Å². The molecule has 0 aromatic heterocycles. The van der Waals surface area contributed by atoms with Crippen molar-refractivity contribution >= 4 is 0 Å². The Hall–Kier alpha value is -3.66. The molecule has 0 saturated heterocycles. The third kappa shape index (κ3) is 4.18. The Bertz CT molecular complexity index is 976. The standard InChI is InChI=1S/C24H14/c1-2-20-8-10-22(11-9-20)14-15-24-18-16-23(17-19-24)13-12-21-6-4-3-5-7-21/h1,3-11,16-19H. The van der Waals surface area contributed by atoms with Crippen LogP contribution in [-0.4, -0.2) is 0 Å². The number of rotatable bonds is 0. The molecular weight excluding hydrogens is 288 g/mol. The molecule has 0 radical (unpaired) electrons. The molecule has 0 aliphatic heterocycles. The highest BCUT2D eigenvalue weighted by Gasteiger charge is 1.91. The van der Waals surface area contributed by atoms with Crippen molar-refractivity contribution < 1.29 is 0 Å². The van der Waals surface area contributed by atoms with Crippen molar-refractivity contribution in [3.63, 3.8) is 0 Å². The first-order chi connectivity index (χ1) is 11.8. The molecule has 0 atom stereocenters. The summed E-state index contributed by atoms with van der Waals surface area (Å²) in [5, 5.41) is 0. The van der Waals surface area contributed by atoms with Gasteiger partial charge in [-0.05, 0) is 60.7 Å². The molecule has 0 N–H and O–H groups in total. The van der Waals surface area contributed by atoms with E-state index < -0.39 is 0 Å². The molecule has 110 valence electrons. The lowest BCUT2D eigenvalue weighted by Crippen LogP contribution is -1.79. The molecule has 0 aliphatic rings. The lowest BCUT2D eigenvalue weighted by Gasteiger charge is -1.93. The molecule has 3 rings (SSSR count). The molecule has 0 spiro atoms. The van der Waals surface area contributed by atoms with E-state index in [4.69, 9.17) is 6.42 Å². The maximum Gasteiger partial charge on any atom is 0.0249 e. The molecule has 3 aromatic rings. The summed E-state index contributed by atoms with van der Waals surface area (Å²) in [6.45, 7) is 0. The summed E-state index contributed by atoms with van der Waals surface area (Å²) in [5.41, 5.74) is 4.75. The van der Waals surface area contributed by atoms with E-state index in [2.05, 4.69) is 29.6 Å². The highest BCUT2D eigenvalue weighted by Crippen LogP contribution is 2.05. The molecule has 0 heterocycles. The number of hydrogen-bond donors (Lipinski definition) is 0. The van der Waals surface area contributed by atoms with Crippen LogP contribution in [0.4, 0.5) is 0 Å². The fourth-order valence-electron chi connectivity index (χ4n) is 2.10. The van der Waals surface area contributed by atoms with E-state index in [0.717, 1.165) is 27.8 Å². The summed E-state index contributed by atoms with van der Waals surface area (Å²) < 4.78 is 0. The monoisotopic (exact) mass is 302 g/mol. The topological polar surface area (TPSA) is 0 Å².